The quantitative estimate of drug-likeness (QED) is 0.722. The van der Waals surface area contributed by atoms with E-state index in [9.17, 15) is 9.59 Å². The van der Waals surface area contributed by atoms with Gasteiger partial charge in [0.15, 0.2) is 0 Å². The van der Waals surface area contributed by atoms with Gasteiger partial charge in [0.05, 0.1) is 5.75 Å². The van der Waals surface area contributed by atoms with E-state index in [0.717, 1.165) is 19.3 Å². The Hall–Kier alpha value is -0.710. The van der Waals surface area contributed by atoms with Crippen molar-refractivity contribution < 1.29 is 14.7 Å². The molecule has 0 radical (unpaired) electrons. The first kappa shape index (κ1) is 12.4. The lowest BCUT2D eigenvalue weighted by atomic mass is 10.2. The van der Waals surface area contributed by atoms with Crippen LogP contribution in [0.15, 0.2) is 0 Å². The maximum Gasteiger partial charge on any atom is 0.327 e. The summed E-state index contributed by atoms with van der Waals surface area (Å²) in [7, 11) is 0. The summed E-state index contributed by atoms with van der Waals surface area (Å²) < 4.78 is 0. The second-order valence-electron chi connectivity index (χ2n) is 3.66. The molecule has 4 nitrogen and oxygen atoms in total. The van der Waals surface area contributed by atoms with Crippen LogP contribution in [-0.2, 0) is 9.59 Å². The van der Waals surface area contributed by atoms with Gasteiger partial charge in [-0.05, 0) is 6.42 Å². The third kappa shape index (κ3) is 3.41. The molecular formula is C10H17NO3S. The van der Waals surface area contributed by atoms with Gasteiger partial charge in [0.2, 0.25) is 5.91 Å². The summed E-state index contributed by atoms with van der Waals surface area (Å²) in [5, 5.41) is 8.98. The summed E-state index contributed by atoms with van der Waals surface area (Å²) in [6.45, 7) is 2.67. The van der Waals surface area contributed by atoms with Gasteiger partial charge in [-0.25, -0.2) is 4.79 Å². The van der Waals surface area contributed by atoms with Crippen molar-refractivity contribution in [1.29, 1.82) is 0 Å². The topological polar surface area (TPSA) is 57.6 Å². The fourth-order valence-electron chi connectivity index (χ4n) is 1.62. The summed E-state index contributed by atoms with van der Waals surface area (Å²) in [5.41, 5.74) is 0. The minimum atomic E-state index is -0.882. The van der Waals surface area contributed by atoms with Crippen molar-refractivity contribution >= 4 is 23.6 Å². The molecule has 0 spiro atoms. The first-order valence-corrected chi connectivity index (χ1v) is 6.42. The third-order valence-corrected chi connectivity index (χ3v) is 3.49. The molecule has 1 atom stereocenters. The molecule has 0 aromatic heterocycles. The van der Waals surface area contributed by atoms with Crippen LogP contribution in [0.4, 0.5) is 0 Å². The Balaban J connectivity index is 2.52. The van der Waals surface area contributed by atoms with E-state index in [1.165, 1.54) is 16.7 Å². The highest BCUT2D eigenvalue weighted by Crippen LogP contribution is 2.18. The van der Waals surface area contributed by atoms with Crippen LogP contribution < -0.4 is 0 Å². The van der Waals surface area contributed by atoms with E-state index in [0.29, 0.717) is 18.1 Å². The standard InChI is InChI=1S/C10H17NO3S/c1-2-3-4-5-11-8(10(13)14)6-15-7-9(11)12/h8H,2-7H2,1H3,(H,13,14). The van der Waals surface area contributed by atoms with Crippen LogP contribution >= 0.6 is 11.8 Å². The second kappa shape index (κ2) is 6.00. The molecule has 1 saturated heterocycles. The average molecular weight is 231 g/mol. The van der Waals surface area contributed by atoms with E-state index in [1.54, 1.807) is 0 Å². The van der Waals surface area contributed by atoms with Crippen molar-refractivity contribution in [3.05, 3.63) is 0 Å². The molecule has 86 valence electrons. The molecular weight excluding hydrogens is 214 g/mol. The first-order valence-electron chi connectivity index (χ1n) is 5.26. The van der Waals surface area contributed by atoms with Gasteiger partial charge in [-0.2, -0.15) is 0 Å². The molecule has 0 saturated carbocycles. The van der Waals surface area contributed by atoms with Crippen LogP contribution in [0.2, 0.25) is 0 Å². The van der Waals surface area contributed by atoms with Crippen LogP contribution in [0.3, 0.4) is 0 Å². The van der Waals surface area contributed by atoms with Gasteiger partial charge in [0.1, 0.15) is 6.04 Å². The molecule has 1 aliphatic rings. The highest BCUT2D eigenvalue weighted by atomic mass is 32.2. The second-order valence-corrected chi connectivity index (χ2v) is 4.69. The number of carbonyl (C=O) groups is 2. The SMILES string of the molecule is CCCCCN1C(=O)CSCC1C(=O)O. The summed E-state index contributed by atoms with van der Waals surface area (Å²) in [4.78, 5) is 24.0. The van der Waals surface area contributed by atoms with Crippen molar-refractivity contribution in [1.82, 2.24) is 4.90 Å². The lowest BCUT2D eigenvalue weighted by Gasteiger charge is -2.32. The van der Waals surface area contributed by atoms with Gasteiger partial charge < -0.3 is 10.0 Å². The Kier molecular flexibility index (Phi) is 4.94. The van der Waals surface area contributed by atoms with Gasteiger partial charge in [-0.3, -0.25) is 4.79 Å². The van der Waals surface area contributed by atoms with Gasteiger partial charge in [-0.15, -0.1) is 11.8 Å². The highest BCUT2D eigenvalue weighted by molar-refractivity contribution is 8.00. The fourth-order valence-corrected chi connectivity index (χ4v) is 2.63. The Bertz CT molecular complexity index is 245. The molecule has 1 unspecified atom stereocenters. The molecule has 0 aromatic rings. The van der Waals surface area contributed by atoms with E-state index in [-0.39, 0.29) is 5.91 Å². The molecule has 0 aromatic carbocycles. The van der Waals surface area contributed by atoms with Gasteiger partial charge in [0.25, 0.3) is 0 Å². The first-order chi connectivity index (χ1) is 7.16. The zero-order valence-electron chi connectivity index (χ0n) is 8.94. The summed E-state index contributed by atoms with van der Waals surface area (Å²) in [6, 6.07) is -0.617. The Labute approximate surface area is 94.0 Å². The average Bonchev–Trinajstić information content (AvgIpc) is 2.20. The number of aliphatic carboxylic acids is 1. The van der Waals surface area contributed by atoms with Gasteiger partial charge in [-0.1, -0.05) is 19.8 Å². The van der Waals surface area contributed by atoms with Crippen LogP contribution in [0.1, 0.15) is 26.2 Å². The number of hydrogen-bond acceptors (Lipinski definition) is 3. The molecule has 0 aliphatic carbocycles. The lowest BCUT2D eigenvalue weighted by Crippen LogP contribution is -2.50. The normalized spacial score (nSPS) is 21.8. The minimum absolute atomic E-state index is 0.0326. The van der Waals surface area contributed by atoms with Gasteiger partial charge in [0, 0.05) is 12.3 Å². The van der Waals surface area contributed by atoms with Crippen LogP contribution in [-0.4, -0.2) is 46.0 Å². The van der Waals surface area contributed by atoms with Crippen LogP contribution in [0, 0.1) is 0 Å². The fraction of sp³-hybridized carbons (Fsp3) is 0.800. The number of carboxylic acid groups (broad SMARTS) is 1. The van der Waals surface area contributed by atoms with Crippen molar-refractivity contribution in [2.75, 3.05) is 18.1 Å². The number of hydrogen-bond donors (Lipinski definition) is 1. The number of carboxylic acids is 1. The summed E-state index contributed by atoms with van der Waals surface area (Å²) >= 11 is 1.41. The Morgan fingerprint density at radius 2 is 2.33 bits per heavy atom. The summed E-state index contributed by atoms with van der Waals surface area (Å²) in [6.07, 6.45) is 3.02. The minimum Gasteiger partial charge on any atom is -0.480 e. The number of amides is 1. The molecule has 0 bridgehead atoms. The lowest BCUT2D eigenvalue weighted by molar-refractivity contribution is -0.148. The smallest absolute Gasteiger partial charge is 0.327 e. The van der Waals surface area contributed by atoms with E-state index in [2.05, 4.69) is 6.92 Å². The van der Waals surface area contributed by atoms with Crippen LogP contribution in [0.25, 0.3) is 0 Å². The molecule has 1 fully saturated rings. The van der Waals surface area contributed by atoms with Crippen molar-refractivity contribution in [3.63, 3.8) is 0 Å². The van der Waals surface area contributed by atoms with Crippen molar-refractivity contribution in [2.24, 2.45) is 0 Å². The number of carbonyl (C=O) groups excluding carboxylic acids is 1. The molecule has 1 rings (SSSR count). The number of nitrogens with zero attached hydrogens (tertiary/aromatic N) is 1. The molecule has 1 amide bonds. The van der Waals surface area contributed by atoms with E-state index in [4.69, 9.17) is 5.11 Å². The van der Waals surface area contributed by atoms with Crippen LogP contribution in [0.5, 0.6) is 0 Å². The number of thioether (sulfide) groups is 1. The molecule has 1 aliphatic heterocycles. The molecule has 15 heavy (non-hydrogen) atoms. The summed E-state index contributed by atoms with van der Waals surface area (Å²) in [5.74, 6) is 0.0325. The third-order valence-electron chi connectivity index (χ3n) is 2.49. The van der Waals surface area contributed by atoms with Crippen molar-refractivity contribution in [3.8, 4) is 0 Å². The number of unbranched alkanes of at least 4 members (excludes halogenated alkanes) is 2. The zero-order chi connectivity index (χ0) is 11.3. The maximum absolute atomic E-state index is 11.5. The zero-order valence-corrected chi connectivity index (χ0v) is 9.76. The van der Waals surface area contributed by atoms with Crippen molar-refractivity contribution in [2.45, 2.75) is 32.2 Å². The molecule has 5 heteroatoms. The molecule has 1 heterocycles. The maximum atomic E-state index is 11.5. The predicted molar refractivity (Wildman–Crippen MR) is 60.0 cm³/mol. The highest BCUT2D eigenvalue weighted by Gasteiger charge is 2.32. The monoisotopic (exact) mass is 231 g/mol. The van der Waals surface area contributed by atoms with E-state index >= 15 is 0 Å². The Morgan fingerprint density at radius 1 is 1.60 bits per heavy atom. The van der Waals surface area contributed by atoms with E-state index < -0.39 is 12.0 Å². The van der Waals surface area contributed by atoms with Gasteiger partial charge >= 0.3 is 5.97 Å². The number of rotatable bonds is 5. The van der Waals surface area contributed by atoms with E-state index in [1.807, 2.05) is 0 Å². The molecule has 1 N–H and O–H groups in total. The Morgan fingerprint density at radius 3 is 2.93 bits per heavy atom. The largest absolute Gasteiger partial charge is 0.480 e. The predicted octanol–water partition coefficient (Wildman–Crippen LogP) is 1.21.